The zero-order valence-corrected chi connectivity index (χ0v) is 8.07. The highest BCUT2D eigenvalue weighted by molar-refractivity contribution is 5.51. The van der Waals surface area contributed by atoms with E-state index in [9.17, 15) is 10.1 Å². The van der Waals surface area contributed by atoms with E-state index in [1.807, 2.05) is 13.8 Å². The van der Waals surface area contributed by atoms with Gasteiger partial charge in [-0.1, -0.05) is 13.8 Å². The van der Waals surface area contributed by atoms with Crippen LogP contribution >= 0.6 is 0 Å². The second kappa shape index (κ2) is 5.13. The van der Waals surface area contributed by atoms with Crippen molar-refractivity contribution in [2.45, 2.75) is 20.8 Å². The van der Waals surface area contributed by atoms with Gasteiger partial charge in [0.2, 0.25) is 0 Å². The van der Waals surface area contributed by atoms with Crippen LogP contribution in [-0.4, -0.2) is 4.92 Å². The third kappa shape index (κ3) is 3.11. The standard InChI is InChI=1S/C7H8N2O2.C2H6/c1-5-4-6(9(10)11)2-3-7(5)8;1-2/h2-4H,8H2,1H3;1-2H3. The van der Waals surface area contributed by atoms with Gasteiger partial charge in [-0.15, -0.1) is 0 Å². The Hall–Kier alpha value is -1.58. The Morgan fingerprint density at radius 1 is 1.38 bits per heavy atom. The second-order valence-electron chi connectivity index (χ2n) is 2.30. The van der Waals surface area contributed by atoms with Crippen LogP contribution in [0.5, 0.6) is 0 Å². The minimum Gasteiger partial charge on any atom is -0.399 e. The number of non-ortho nitro benzene ring substituents is 1. The summed E-state index contributed by atoms with van der Waals surface area (Å²) >= 11 is 0. The predicted molar refractivity (Wildman–Crippen MR) is 53.6 cm³/mol. The lowest BCUT2D eigenvalue weighted by molar-refractivity contribution is -0.384. The molecule has 72 valence electrons. The van der Waals surface area contributed by atoms with Crippen molar-refractivity contribution in [3.05, 3.63) is 33.9 Å². The van der Waals surface area contributed by atoms with Crippen molar-refractivity contribution >= 4 is 11.4 Å². The Morgan fingerprint density at radius 3 is 2.31 bits per heavy atom. The quantitative estimate of drug-likeness (QED) is 0.412. The molecule has 0 aliphatic carbocycles. The van der Waals surface area contributed by atoms with Gasteiger partial charge in [0.25, 0.3) is 5.69 Å². The molecular weight excluding hydrogens is 168 g/mol. The lowest BCUT2D eigenvalue weighted by Crippen LogP contribution is -1.92. The van der Waals surface area contributed by atoms with Crippen molar-refractivity contribution in [2.24, 2.45) is 0 Å². The monoisotopic (exact) mass is 182 g/mol. The van der Waals surface area contributed by atoms with Crippen molar-refractivity contribution in [3.63, 3.8) is 0 Å². The molecule has 0 amide bonds. The summed E-state index contributed by atoms with van der Waals surface area (Å²) in [6.45, 7) is 5.74. The highest BCUT2D eigenvalue weighted by Gasteiger charge is 2.04. The van der Waals surface area contributed by atoms with E-state index in [0.717, 1.165) is 5.56 Å². The van der Waals surface area contributed by atoms with Crippen LogP contribution in [-0.2, 0) is 0 Å². The molecule has 0 fully saturated rings. The predicted octanol–water partition coefficient (Wildman–Crippen LogP) is 2.51. The number of hydrogen-bond donors (Lipinski definition) is 1. The van der Waals surface area contributed by atoms with E-state index in [1.54, 1.807) is 6.92 Å². The number of nitrogens with zero attached hydrogens (tertiary/aromatic N) is 1. The van der Waals surface area contributed by atoms with E-state index in [4.69, 9.17) is 5.73 Å². The van der Waals surface area contributed by atoms with Crippen LogP contribution in [0.3, 0.4) is 0 Å². The molecule has 0 bridgehead atoms. The molecule has 2 N–H and O–H groups in total. The maximum Gasteiger partial charge on any atom is 0.269 e. The molecule has 4 heteroatoms. The summed E-state index contributed by atoms with van der Waals surface area (Å²) in [4.78, 5) is 9.79. The Labute approximate surface area is 77.5 Å². The first kappa shape index (κ1) is 11.4. The first-order valence-corrected chi connectivity index (χ1v) is 4.12. The summed E-state index contributed by atoms with van der Waals surface area (Å²) in [6, 6.07) is 4.38. The van der Waals surface area contributed by atoms with Crippen molar-refractivity contribution in [1.82, 2.24) is 0 Å². The number of aryl methyl sites for hydroxylation is 1. The van der Waals surface area contributed by atoms with E-state index < -0.39 is 4.92 Å². The third-order valence-electron chi connectivity index (χ3n) is 1.46. The summed E-state index contributed by atoms with van der Waals surface area (Å²) in [6.07, 6.45) is 0. The van der Waals surface area contributed by atoms with Gasteiger partial charge in [-0.05, 0) is 18.6 Å². The second-order valence-corrected chi connectivity index (χ2v) is 2.30. The summed E-state index contributed by atoms with van der Waals surface area (Å²) < 4.78 is 0. The average molecular weight is 182 g/mol. The van der Waals surface area contributed by atoms with Crippen LogP contribution in [0.25, 0.3) is 0 Å². The van der Waals surface area contributed by atoms with Crippen molar-refractivity contribution in [3.8, 4) is 0 Å². The number of hydrogen-bond acceptors (Lipinski definition) is 3. The van der Waals surface area contributed by atoms with Gasteiger partial charge in [0, 0.05) is 17.8 Å². The van der Waals surface area contributed by atoms with Gasteiger partial charge in [-0.25, -0.2) is 0 Å². The first-order chi connectivity index (χ1) is 6.11. The van der Waals surface area contributed by atoms with Crippen LogP contribution < -0.4 is 5.73 Å². The van der Waals surface area contributed by atoms with Crippen LogP contribution in [0.4, 0.5) is 11.4 Å². The van der Waals surface area contributed by atoms with Gasteiger partial charge in [0.1, 0.15) is 0 Å². The van der Waals surface area contributed by atoms with Gasteiger partial charge in [-0.3, -0.25) is 10.1 Å². The maximum atomic E-state index is 10.2. The Balaban J connectivity index is 0.000000671. The molecular formula is C9H14N2O2. The number of nitro benzene ring substituents is 1. The normalized spacial score (nSPS) is 8.54. The van der Waals surface area contributed by atoms with Gasteiger partial charge in [-0.2, -0.15) is 0 Å². The van der Waals surface area contributed by atoms with Gasteiger partial charge in [0.05, 0.1) is 4.92 Å². The maximum absolute atomic E-state index is 10.2. The van der Waals surface area contributed by atoms with E-state index in [1.165, 1.54) is 18.2 Å². The third-order valence-corrected chi connectivity index (χ3v) is 1.46. The molecule has 0 saturated heterocycles. The topological polar surface area (TPSA) is 69.2 Å². The number of nitro groups is 1. The molecule has 0 radical (unpaired) electrons. The van der Waals surface area contributed by atoms with Gasteiger partial charge >= 0.3 is 0 Å². The van der Waals surface area contributed by atoms with E-state index >= 15 is 0 Å². The molecule has 1 rings (SSSR count). The molecule has 0 atom stereocenters. The highest BCUT2D eigenvalue weighted by atomic mass is 16.6. The average Bonchev–Trinajstić information content (AvgIpc) is 2.13. The lowest BCUT2D eigenvalue weighted by Gasteiger charge is -1.97. The lowest BCUT2D eigenvalue weighted by atomic mass is 10.2. The van der Waals surface area contributed by atoms with E-state index in [2.05, 4.69) is 0 Å². The molecule has 0 spiro atoms. The van der Waals surface area contributed by atoms with Crippen molar-refractivity contribution in [1.29, 1.82) is 0 Å². The number of rotatable bonds is 1. The summed E-state index contributed by atoms with van der Waals surface area (Å²) in [5.74, 6) is 0. The minimum atomic E-state index is -0.438. The molecule has 0 aromatic heterocycles. The number of anilines is 1. The fourth-order valence-corrected chi connectivity index (χ4v) is 0.773. The van der Waals surface area contributed by atoms with Crippen LogP contribution in [0.1, 0.15) is 19.4 Å². The molecule has 1 aromatic carbocycles. The van der Waals surface area contributed by atoms with Crippen molar-refractivity contribution in [2.75, 3.05) is 5.73 Å². The SMILES string of the molecule is CC.Cc1cc([N+](=O)[O-])ccc1N. The van der Waals surface area contributed by atoms with Gasteiger partial charge < -0.3 is 5.73 Å². The van der Waals surface area contributed by atoms with Crippen LogP contribution in [0.15, 0.2) is 18.2 Å². The van der Waals surface area contributed by atoms with Crippen LogP contribution in [0.2, 0.25) is 0 Å². The summed E-state index contributed by atoms with van der Waals surface area (Å²) in [7, 11) is 0. The Bertz CT molecular complexity index is 298. The number of benzene rings is 1. The van der Waals surface area contributed by atoms with E-state index in [0.29, 0.717) is 5.69 Å². The molecule has 0 aliphatic heterocycles. The Morgan fingerprint density at radius 2 is 1.92 bits per heavy atom. The zero-order valence-electron chi connectivity index (χ0n) is 8.07. The molecule has 0 aliphatic rings. The van der Waals surface area contributed by atoms with Gasteiger partial charge in [0.15, 0.2) is 0 Å². The Kier molecular flexibility index (Phi) is 4.51. The highest BCUT2D eigenvalue weighted by Crippen LogP contribution is 2.17. The summed E-state index contributed by atoms with van der Waals surface area (Å²) in [5, 5.41) is 10.2. The molecule has 1 aromatic rings. The molecule has 0 heterocycles. The zero-order chi connectivity index (χ0) is 10.4. The van der Waals surface area contributed by atoms with Crippen LogP contribution in [0, 0.1) is 17.0 Å². The molecule has 13 heavy (non-hydrogen) atoms. The fourth-order valence-electron chi connectivity index (χ4n) is 0.773. The number of nitrogen functional groups attached to an aromatic ring is 1. The summed E-state index contributed by atoms with van der Waals surface area (Å²) in [5.41, 5.74) is 6.86. The minimum absolute atomic E-state index is 0.0803. The molecule has 4 nitrogen and oxygen atoms in total. The molecule has 0 unspecified atom stereocenters. The van der Waals surface area contributed by atoms with E-state index in [-0.39, 0.29) is 5.69 Å². The first-order valence-electron chi connectivity index (χ1n) is 4.12. The fraction of sp³-hybridized carbons (Fsp3) is 0.333. The number of nitrogens with two attached hydrogens (primary N) is 1. The largest absolute Gasteiger partial charge is 0.399 e. The van der Waals surface area contributed by atoms with Crippen molar-refractivity contribution < 1.29 is 4.92 Å². The molecule has 0 saturated carbocycles. The smallest absolute Gasteiger partial charge is 0.269 e.